The van der Waals surface area contributed by atoms with Crippen LogP contribution in [0.2, 0.25) is 0 Å². The molecular weight excluding hydrogens is 250 g/mol. The largest absolute Gasteiger partial charge is 0.547 e. The van der Waals surface area contributed by atoms with E-state index >= 15 is 0 Å². The Balaban J connectivity index is 2.19. The number of hydrogen-bond acceptors (Lipinski definition) is 3. The lowest BCUT2D eigenvalue weighted by Crippen LogP contribution is -1.97. The van der Waals surface area contributed by atoms with Crippen molar-refractivity contribution in [2.24, 2.45) is 0 Å². The molecule has 0 aliphatic carbocycles. The Kier molecular flexibility index (Phi) is 3.64. The van der Waals surface area contributed by atoms with Gasteiger partial charge in [0.05, 0.1) is 0 Å². The molecule has 0 saturated carbocycles. The van der Waals surface area contributed by atoms with Gasteiger partial charge in [-0.2, -0.15) is 7.05 Å². The summed E-state index contributed by atoms with van der Waals surface area (Å²) in [6.45, 7) is 0. The van der Waals surface area contributed by atoms with E-state index in [1.165, 1.54) is 19.2 Å². The highest BCUT2D eigenvalue weighted by Crippen LogP contribution is 2.23. The maximum absolute atomic E-state index is 11.5. The van der Waals surface area contributed by atoms with Crippen LogP contribution < -0.4 is 4.74 Å². The molecule has 0 aliphatic heterocycles. The van der Waals surface area contributed by atoms with Crippen LogP contribution in [0.25, 0.3) is 4.72 Å². The van der Waals surface area contributed by atoms with E-state index in [0.29, 0.717) is 11.5 Å². The molecule has 5 heteroatoms. The summed E-state index contributed by atoms with van der Waals surface area (Å²) in [5, 5.41) is 0. The van der Waals surface area contributed by atoms with Crippen LogP contribution in [0.4, 0.5) is 0 Å². The molecule has 0 aliphatic rings. The molecule has 2 aromatic rings. The zero-order chi connectivity index (χ0) is 13.0. The van der Waals surface area contributed by atoms with E-state index in [1.54, 1.807) is 12.1 Å². The van der Waals surface area contributed by atoms with Crippen molar-refractivity contribution in [1.29, 1.82) is 0 Å². The molecule has 2 rings (SSSR count). The number of benzene rings is 2. The second-order valence-electron chi connectivity index (χ2n) is 3.54. The first-order valence-corrected chi connectivity index (χ1v) is 6.75. The van der Waals surface area contributed by atoms with Crippen molar-refractivity contribution >= 4 is 10.0 Å². The van der Waals surface area contributed by atoms with Crippen LogP contribution in [0, 0.1) is 0 Å². The minimum absolute atomic E-state index is 0.158. The summed E-state index contributed by atoms with van der Waals surface area (Å²) in [4.78, 5) is 0.158. The van der Waals surface area contributed by atoms with Crippen molar-refractivity contribution in [2.75, 3.05) is 7.05 Å². The first-order valence-electron chi connectivity index (χ1n) is 5.31. The third-order valence-corrected chi connectivity index (χ3v) is 3.69. The Morgan fingerprint density at radius 2 is 1.44 bits per heavy atom. The van der Waals surface area contributed by atoms with Gasteiger partial charge in [-0.1, -0.05) is 18.2 Å². The van der Waals surface area contributed by atoms with E-state index < -0.39 is 10.0 Å². The second kappa shape index (κ2) is 5.20. The van der Waals surface area contributed by atoms with Gasteiger partial charge in [0.25, 0.3) is 0 Å². The number of para-hydroxylation sites is 1. The summed E-state index contributed by atoms with van der Waals surface area (Å²) < 4.78 is 31.8. The van der Waals surface area contributed by atoms with Gasteiger partial charge in [0.2, 0.25) is 0 Å². The maximum Gasteiger partial charge on any atom is 0.127 e. The van der Waals surface area contributed by atoms with Crippen LogP contribution >= 0.6 is 0 Å². The quantitative estimate of drug-likeness (QED) is 0.850. The SMILES string of the molecule is C[N-]S(=O)(=O)c1ccc(Oc2ccccc2)cc1. The molecule has 0 atom stereocenters. The average molecular weight is 262 g/mol. The lowest BCUT2D eigenvalue weighted by atomic mass is 10.3. The Morgan fingerprint density at radius 1 is 0.889 bits per heavy atom. The minimum Gasteiger partial charge on any atom is -0.547 e. The molecule has 94 valence electrons. The van der Waals surface area contributed by atoms with Gasteiger partial charge in [0.1, 0.15) is 21.5 Å². The molecule has 0 fully saturated rings. The molecule has 0 radical (unpaired) electrons. The van der Waals surface area contributed by atoms with Gasteiger partial charge >= 0.3 is 0 Å². The van der Waals surface area contributed by atoms with E-state index in [4.69, 9.17) is 4.74 Å². The molecule has 0 amide bonds. The van der Waals surface area contributed by atoms with Gasteiger partial charge in [0, 0.05) is 4.90 Å². The fourth-order valence-corrected chi connectivity index (χ4v) is 2.10. The molecule has 0 unspecified atom stereocenters. The van der Waals surface area contributed by atoms with Crippen molar-refractivity contribution in [3.8, 4) is 11.5 Å². The van der Waals surface area contributed by atoms with Crippen LogP contribution in [-0.2, 0) is 10.0 Å². The molecule has 0 aromatic heterocycles. The average Bonchev–Trinajstić information content (AvgIpc) is 2.40. The fourth-order valence-electron chi connectivity index (χ4n) is 1.41. The summed E-state index contributed by atoms with van der Waals surface area (Å²) in [6.07, 6.45) is 0. The Labute approximate surface area is 106 Å². The highest BCUT2D eigenvalue weighted by Gasteiger charge is 2.03. The number of ether oxygens (including phenoxy) is 1. The Bertz CT molecular complexity index is 606. The lowest BCUT2D eigenvalue weighted by molar-refractivity contribution is 0.482. The predicted octanol–water partition coefficient (Wildman–Crippen LogP) is 3.17. The van der Waals surface area contributed by atoms with Crippen LogP contribution in [0.5, 0.6) is 11.5 Å². The molecule has 0 N–H and O–H groups in total. The zero-order valence-corrected chi connectivity index (χ0v) is 10.6. The van der Waals surface area contributed by atoms with E-state index in [-0.39, 0.29) is 4.90 Å². The third-order valence-electron chi connectivity index (χ3n) is 2.34. The molecule has 2 aromatic carbocycles. The number of hydrogen-bond donors (Lipinski definition) is 0. The highest BCUT2D eigenvalue weighted by atomic mass is 32.2. The molecule has 18 heavy (non-hydrogen) atoms. The van der Waals surface area contributed by atoms with E-state index in [2.05, 4.69) is 4.72 Å². The van der Waals surface area contributed by atoms with Crippen LogP contribution in [0.15, 0.2) is 59.5 Å². The van der Waals surface area contributed by atoms with Crippen LogP contribution in [0.1, 0.15) is 0 Å². The highest BCUT2D eigenvalue weighted by molar-refractivity contribution is 7.94. The number of rotatable bonds is 4. The first kappa shape index (κ1) is 12.6. The van der Waals surface area contributed by atoms with Crippen molar-refractivity contribution < 1.29 is 13.2 Å². The standard InChI is InChI=1S/C13H12NO3S/c1-14-18(15,16)13-9-7-12(8-10-13)17-11-5-3-2-4-6-11/h2-10H,1H3/q-1. The van der Waals surface area contributed by atoms with Gasteiger partial charge in [-0.05, 0) is 36.4 Å². The smallest absolute Gasteiger partial charge is 0.127 e. The first-order chi connectivity index (χ1) is 8.62. The van der Waals surface area contributed by atoms with E-state index in [9.17, 15) is 8.42 Å². The molecule has 0 bridgehead atoms. The van der Waals surface area contributed by atoms with Crippen molar-refractivity contribution in [2.45, 2.75) is 4.90 Å². The Morgan fingerprint density at radius 3 is 2.00 bits per heavy atom. The van der Waals surface area contributed by atoms with Gasteiger partial charge in [-0.25, -0.2) is 8.42 Å². The van der Waals surface area contributed by atoms with Gasteiger partial charge in [-0.3, -0.25) is 0 Å². The topological polar surface area (TPSA) is 57.5 Å². The molecule has 0 saturated heterocycles. The lowest BCUT2D eigenvalue weighted by Gasteiger charge is -2.13. The summed E-state index contributed by atoms with van der Waals surface area (Å²) in [5.74, 6) is 1.28. The number of nitrogens with zero attached hydrogens (tertiary/aromatic N) is 1. The normalized spacial score (nSPS) is 11.2. The zero-order valence-electron chi connectivity index (χ0n) is 9.78. The molecule has 4 nitrogen and oxygen atoms in total. The predicted molar refractivity (Wildman–Crippen MR) is 69.4 cm³/mol. The maximum atomic E-state index is 11.5. The number of sulfonamides is 1. The summed E-state index contributed by atoms with van der Waals surface area (Å²) in [7, 11) is -2.26. The van der Waals surface area contributed by atoms with Crippen LogP contribution in [-0.4, -0.2) is 15.5 Å². The van der Waals surface area contributed by atoms with Gasteiger partial charge < -0.3 is 9.46 Å². The monoisotopic (exact) mass is 262 g/mol. The summed E-state index contributed by atoms with van der Waals surface area (Å²) in [5.41, 5.74) is 0. The van der Waals surface area contributed by atoms with Crippen molar-refractivity contribution in [3.05, 3.63) is 59.3 Å². The minimum atomic E-state index is -3.52. The second-order valence-corrected chi connectivity index (χ2v) is 5.33. The third kappa shape index (κ3) is 2.88. The van der Waals surface area contributed by atoms with Crippen LogP contribution in [0.3, 0.4) is 0 Å². The van der Waals surface area contributed by atoms with Gasteiger partial charge in [0.15, 0.2) is 0 Å². The molecule has 0 heterocycles. The van der Waals surface area contributed by atoms with E-state index in [1.807, 2.05) is 30.3 Å². The summed E-state index contributed by atoms with van der Waals surface area (Å²) >= 11 is 0. The van der Waals surface area contributed by atoms with E-state index in [0.717, 1.165) is 0 Å². The Hall–Kier alpha value is -1.85. The van der Waals surface area contributed by atoms with Crippen molar-refractivity contribution in [3.63, 3.8) is 0 Å². The summed E-state index contributed by atoms with van der Waals surface area (Å²) in [6, 6.07) is 15.4. The fraction of sp³-hybridized carbons (Fsp3) is 0.0769. The molecule has 0 spiro atoms. The van der Waals surface area contributed by atoms with Crippen molar-refractivity contribution in [1.82, 2.24) is 0 Å². The van der Waals surface area contributed by atoms with Gasteiger partial charge in [-0.15, -0.1) is 0 Å². The molecular formula is C13H12NO3S-.